The summed E-state index contributed by atoms with van der Waals surface area (Å²) < 4.78 is 0. The Morgan fingerprint density at radius 1 is 0.893 bits per heavy atom. The molecule has 2 fully saturated rings. The lowest BCUT2D eigenvalue weighted by atomic mass is 10.1. The van der Waals surface area contributed by atoms with Crippen LogP contribution in [-0.4, -0.2) is 42.9 Å². The fourth-order valence-electron chi connectivity index (χ4n) is 4.10. The number of nitrogens with zero attached hydrogens (tertiary/aromatic N) is 2. The van der Waals surface area contributed by atoms with Gasteiger partial charge >= 0.3 is 0 Å². The van der Waals surface area contributed by atoms with Crippen LogP contribution in [0.5, 0.6) is 0 Å². The maximum atomic E-state index is 12.8. The molecule has 2 aromatic rings. The van der Waals surface area contributed by atoms with E-state index in [1.807, 2.05) is 49.1 Å². The molecule has 1 saturated heterocycles. The van der Waals surface area contributed by atoms with Crippen LogP contribution in [0.4, 0.5) is 11.4 Å². The molecule has 5 heteroatoms. The highest BCUT2D eigenvalue weighted by Gasteiger charge is 2.49. The van der Waals surface area contributed by atoms with E-state index in [-0.39, 0.29) is 23.7 Å². The van der Waals surface area contributed by atoms with Gasteiger partial charge in [-0.3, -0.25) is 9.59 Å². The number of carbonyl (C=O) groups excluding carboxylic acids is 2. The van der Waals surface area contributed by atoms with E-state index >= 15 is 0 Å². The topological polar surface area (TPSA) is 52.7 Å². The minimum absolute atomic E-state index is 0.0359. The van der Waals surface area contributed by atoms with Gasteiger partial charge in [-0.25, -0.2) is 0 Å². The van der Waals surface area contributed by atoms with Crippen LogP contribution < -0.4 is 10.2 Å². The average molecular weight is 377 g/mol. The van der Waals surface area contributed by atoms with Gasteiger partial charge in [0.25, 0.3) is 0 Å². The van der Waals surface area contributed by atoms with E-state index in [2.05, 4.69) is 28.4 Å². The summed E-state index contributed by atoms with van der Waals surface area (Å²) in [4.78, 5) is 29.6. The Bertz CT molecular complexity index is 852. The zero-order valence-electron chi connectivity index (χ0n) is 16.5. The summed E-state index contributed by atoms with van der Waals surface area (Å²) in [6, 6.07) is 16.3. The summed E-state index contributed by atoms with van der Waals surface area (Å²) in [5, 5.41) is 2.98. The van der Waals surface area contributed by atoms with Crippen LogP contribution in [0.15, 0.2) is 48.5 Å². The van der Waals surface area contributed by atoms with Gasteiger partial charge in [0.1, 0.15) is 0 Å². The molecule has 0 bridgehead atoms. The molecule has 2 aliphatic rings. The number of hydrogen-bond donors (Lipinski definition) is 1. The third kappa shape index (κ3) is 4.03. The molecule has 0 radical (unpaired) electrons. The molecule has 2 aromatic carbocycles. The van der Waals surface area contributed by atoms with Crippen LogP contribution in [-0.2, 0) is 9.59 Å². The van der Waals surface area contributed by atoms with Crippen molar-refractivity contribution in [1.29, 1.82) is 0 Å². The lowest BCUT2D eigenvalue weighted by Crippen LogP contribution is -2.49. The molecule has 0 spiro atoms. The van der Waals surface area contributed by atoms with Crippen molar-refractivity contribution >= 4 is 23.2 Å². The van der Waals surface area contributed by atoms with Crippen LogP contribution in [0, 0.1) is 25.7 Å². The first-order valence-electron chi connectivity index (χ1n) is 9.99. The van der Waals surface area contributed by atoms with Crippen molar-refractivity contribution in [2.45, 2.75) is 20.3 Å². The van der Waals surface area contributed by atoms with E-state index in [0.29, 0.717) is 6.42 Å². The monoisotopic (exact) mass is 377 g/mol. The standard InChI is InChI=1S/C23H27N3O2/c1-16-12-17(2)14-18(13-16)24-22(27)20-15-21(20)23(28)26-10-8-25(9-11-26)19-6-4-3-5-7-19/h3-7,12-14,20-21H,8-11,15H2,1-2H3,(H,24,27). The SMILES string of the molecule is Cc1cc(C)cc(NC(=O)C2CC2C(=O)N2CCN(c3ccccc3)CC2)c1. The lowest BCUT2D eigenvalue weighted by molar-refractivity contribution is -0.134. The van der Waals surface area contributed by atoms with Crippen molar-refractivity contribution in [2.24, 2.45) is 11.8 Å². The predicted octanol–water partition coefficient (Wildman–Crippen LogP) is 3.23. The van der Waals surface area contributed by atoms with Gasteiger partial charge in [0, 0.05) is 37.6 Å². The first kappa shape index (κ1) is 18.5. The maximum absolute atomic E-state index is 12.8. The normalized spacial score (nSPS) is 21.4. The predicted molar refractivity (Wildman–Crippen MR) is 111 cm³/mol. The summed E-state index contributed by atoms with van der Waals surface area (Å²) in [5.74, 6) is -0.255. The molecular weight excluding hydrogens is 350 g/mol. The van der Waals surface area contributed by atoms with Crippen LogP contribution in [0.2, 0.25) is 0 Å². The van der Waals surface area contributed by atoms with Gasteiger partial charge in [0.2, 0.25) is 11.8 Å². The fraction of sp³-hybridized carbons (Fsp3) is 0.391. The van der Waals surface area contributed by atoms with E-state index in [9.17, 15) is 9.59 Å². The van der Waals surface area contributed by atoms with Crippen LogP contribution in [0.25, 0.3) is 0 Å². The highest BCUT2D eigenvalue weighted by molar-refractivity contribution is 5.99. The molecule has 1 heterocycles. The summed E-state index contributed by atoms with van der Waals surface area (Å²) in [6.07, 6.45) is 0.661. The number of nitrogens with one attached hydrogen (secondary N) is 1. The highest BCUT2D eigenvalue weighted by atomic mass is 16.2. The van der Waals surface area contributed by atoms with Crippen molar-refractivity contribution in [2.75, 3.05) is 36.4 Å². The van der Waals surface area contributed by atoms with Crippen molar-refractivity contribution in [1.82, 2.24) is 4.90 Å². The Kier molecular flexibility index (Phi) is 5.07. The Balaban J connectivity index is 1.29. The number of rotatable bonds is 4. The van der Waals surface area contributed by atoms with Gasteiger partial charge < -0.3 is 15.1 Å². The maximum Gasteiger partial charge on any atom is 0.228 e. The zero-order chi connectivity index (χ0) is 19.7. The number of amides is 2. The largest absolute Gasteiger partial charge is 0.368 e. The van der Waals surface area contributed by atoms with Crippen molar-refractivity contribution < 1.29 is 9.59 Å². The molecule has 1 aliphatic heterocycles. The van der Waals surface area contributed by atoms with Gasteiger partial charge in [-0.15, -0.1) is 0 Å². The van der Waals surface area contributed by atoms with Crippen LogP contribution in [0.1, 0.15) is 17.5 Å². The lowest BCUT2D eigenvalue weighted by Gasteiger charge is -2.36. The number of hydrogen-bond acceptors (Lipinski definition) is 3. The number of anilines is 2. The molecular formula is C23H27N3O2. The third-order valence-electron chi connectivity index (χ3n) is 5.65. The molecule has 28 heavy (non-hydrogen) atoms. The Morgan fingerprint density at radius 2 is 1.54 bits per heavy atom. The van der Waals surface area contributed by atoms with E-state index < -0.39 is 0 Å². The van der Waals surface area contributed by atoms with Crippen molar-refractivity contribution in [3.8, 4) is 0 Å². The number of benzene rings is 2. The van der Waals surface area contributed by atoms with E-state index in [0.717, 1.165) is 43.0 Å². The molecule has 1 aliphatic carbocycles. The molecule has 2 unspecified atom stereocenters. The minimum atomic E-state index is -0.194. The summed E-state index contributed by atoms with van der Waals surface area (Å²) in [6.45, 7) is 7.14. The molecule has 1 N–H and O–H groups in total. The summed E-state index contributed by atoms with van der Waals surface area (Å²) in [5.41, 5.74) is 4.26. The number of piperazine rings is 1. The van der Waals surface area contributed by atoms with E-state index in [1.165, 1.54) is 5.69 Å². The highest BCUT2D eigenvalue weighted by Crippen LogP contribution is 2.41. The second kappa shape index (κ2) is 7.66. The molecule has 4 rings (SSSR count). The summed E-state index contributed by atoms with van der Waals surface area (Å²) in [7, 11) is 0. The number of carbonyl (C=O) groups is 2. The Labute approximate surface area is 166 Å². The quantitative estimate of drug-likeness (QED) is 0.890. The zero-order valence-corrected chi connectivity index (χ0v) is 16.5. The first-order chi connectivity index (χ1) is 13.5. The van der Waals surface area contributed by atoms with Gasteiger partial charge in [-0.1, -0.05) is 24.3 Å². The Morgan fingerprint density at radius 3 is 2.18 bits per heavy atom. The molecule has 1 saturated carbocycles. The van der Waals surface area contributed by atoms with E-state index in [1.54, 1.807) is 0 Å². The molecule has 2 atom stereocenters. The van der Waals surface area contributed by atoms with Crippen molar-refractivity contribution in [3.05, 3.63) is 59.7 Å². The second-order valence-electron chi connectivity index (χ2n) is 7.96. The fourth-order valence-corrected chi connectivity index (χ4v) is 4.10. The third-order valence-corrected chi connectivity index (χ3v) is 5.65. The number of aryl methyl sites for hydroxylation is 2. The average Bonchev–Trinajstić information content (AvgIpc) is 3.48. The minimum Gasteiger partial charge on any atom is -0.368 e. The molecule has 0 aromatic heterocycles. The first-order valence-corrected chi connectivity index (χ1v) is 9.99. The smallest absolute Gasteiger partial charge is 0.228 e. The molecule has 146 valence electrons. The van der Waals surface area contributed by atoms with Gasteiger partial charge in [-0.2, -0.15) is 0 Å². The van der Waals surface area contributed by atoms with Crippen LogP contribution >= 0.6 is 0 Å². The number of para-hydroxylation sites is 1. The summed E-state index contributed by atoms with van der Waals surface area (Å²) >= 11 is 0. The van der Waals surface area contributed by atoms with Gasteiger partial charge in [0.05, 0.1) is 11.8 Å². The van der Waals surface area contributed by atoms with Crippen LogP contribution in [0.3, 0.4) is 0 Å². The van der Waals surface area contributed by atoms with E-state index in [4.69, 9.17) is 0 Å². The van der Waals surface area contributed by atoms with Crippen molar-refractivity contribution in [3.63, 3.8) is 0 Å². The Hall–Kier alpha value is -2.82. The van der Waals surface area contributed by atoms with Gasteiger partial charge in [-0.05, 0) is 55.7 Å². The second-order valence-corrected chi connectivity index (χ2v) is 7.96. The van der Waals surface area contributed by atoms with Gasteiger partial charge in [0.15, 0.2) is 0 Å². The molecule has 5 nitrogen and oxygen atoms in total. The molecule has 2 amide bonds.